The lowest BCUT2D eigenvalue weighted by molar-refractivity contribution is -0.00319. The maximum Gasteiger partial charge on any atom is 0.129 e. The second kappa shape index (κ2) is 15.7. The van der Waals surface area contributed by atoms with Gasteiger partial charge in [-0.15, -0.1) is 0 Å². The zero-order chi connectivity index (χ0) is 30.7. The first-order valence-electron chi connectivity index (χ1n) is 15.0. The molecule has 5 rings (SSSR count). The normalized spacial score (nSPS) is 19.4. The fourth-order valence-electron chi connectivity index (χ4n) is 5.92. The molecule has 2 saturated heterocycles. The third-order valence-electron chi connectivity index (χ3n) is 8.10. The van der Waals surface area contributed by atoms with Gasteiger partial charge in [0.1, 0.15) is 23.6 Å². The van der Waals surface area contributed by atoms with Gasteiger partial charge in [-0.3, -0.25) is 15.3 Å². The summed E-state index contributed by atoms with van der Waals surface area (Å²) in [5.41, 5.74) is 3.66. The number of hydrogen-bond acceptors (Lipinski definition) is 4. The van der Waals surface area contributed by atoms with Gasteiger partial charge in [-0.05, 0) is 85.5 Å². The molecule has 5 nitrogen and oxygen atoms in total. The Balaban J connectivity index is 0.000000627. The van der Waals surface area contributed by atoms with Gasteiger partial charge in [0.15, 0.2) is 0 Å². The fourth-order valence-corrected chi connectivity index (χ4v) is 5.92. The van der Waals surface area contributed by atoms with Gasteiger partial charge in [-0.25, -0.2) is 8.78 Å². The number of benzene rings is 3. The molecule has 2 aliphatic heterocycles. The van der Waals surface area contributed by atoms with E-state index in [1.165, 1.54) is 29.4 Å². The number of likely N-dealkylation sites (tertiary alicyclic amines) is 1. The van der Waals surface area contributed by atoms with Crippen LogP contribution in [0.2, 0.25) is 0 Å². The number of β-amino-alcohol motifs (C(OH)–C–C–N with tert-alkyl or cyclic N) is 1. The molecule has 2 N–H and O–H groups in total. The van der Waals surface area contributed by atoms with E-state index in [2.05, 4.69) is 39.1 Å². The summed E-state index contributed by atoms with van der Waals surface area (Å²) >= 11 is 0. The number of rotatable bonds is 8. The van der Waals surface area contributed by atoms with Gasteiger partial charge >= 0.3 is 0 Å². The number of anilines is 1. The molecule has 0 saturated carbocycles. The molecule has 3 atom stereocenters. The van der Waals surface area contributed by atoms with E-state index in [0.717, 1.165) is 50.1 Å². The second-order valence-electron chi connectivity index (χ2n) is 11.0. The topological polar surface area (TPSA) is 62.9 Å². The number of nitrogens with zero attached hydrogens (tertiary/aromatic N) is 3. The van der Waals surface area contributed by atoms with Crippen molar-refractivity contribution < 1.29 is 13.9 Å². The minimum atomic E-state index is -1.17. The van der Waals surface area contributed by atoms with Crippen molar-refractivity contribution >= 4 is 18.2 Å². The molecule has 7 heteroatoms. The summed E-state index contributed by atoms with van der Waals surface area (Å²) in [4.78, 5) is 8.17. The highest BCUT2D eigenvalue weighted by Gasteiger charge is 2.43. The Labute approximate surface area is 250 Å². The summed E-state index contributed by atoms with van der Waals surface area (Å²) in [6.07, 6.45) is 3.84. The Bertz CT molecular complexity index is 1280. The van der Waals surface area contributed by atoms with Crippen molar-refractivity contribution in [1.82, 2.24) is 4.90 Å². The first-order chi connectivity index (χ1) is 20.2. The van der Waals surface area contributed by atoms with Crippen LogP contribution in [0.5, 0.6) is 0 Å². The third-order valence-corrected chi connectivity index (χ3v) is 8.10. The smallest absolute Gasteiger partial charge is 0.129 e. The molecular formula is C35H46F2N4O. The Morgan fingerprint density at radius 3 is 1.98 bits per heavy atom. The SMILES string of the molecule is CC.CC=NC=N.CCC(O)(CN1CC2CN(c3ccc(Cc4ccc(F)cc4)cc3)CC2C1)c1ccc(C)cc1F. The molecular weight excluding hydrogens is 530 g/mol. The number of aliphatic imine (C=N–C) groups is 1. The Morgan fingerprint density at radius 1 is 0.929 bits per heavy atom. The molecule has 0 bridgehead atoms. The highest BCUT2D eigenvalue weighted by atomic mass is 19.1. The standard InChI is InChI=1S/C30H34F2N2O.C3H6N2.C2H6/c1-3-30(35,28-13-4-21(2)14-29(28)32)20-33-16-24-18-34(19-25(24)17-33)27-11-7-23(8-12-27)15-22-5-9-26(31)10-6-22;1-2-5-3-4;1-2/h4-14,24-25,35H,3,15-20H2,1-2H3;2-4H,1H3;1-2H3. The quantitative estimate of drug-likeness (QED) is 0.220. The van der Waals surface area contributed by atoms with Gasteiger partial charge in [0, 0.05) is 50.2 Å². The molecule has 2 heterocycles. The number of aliphatic hydroxyl groups is 1. The average molecular weight is 577 g/mol. The number of nitrogens with one attached hydrogen (secondary N) is 1. The predicted octanol–water partition coefficient (Wildman–Crippen LogP) is 7.24. The van der Waals surface area contributed by atoms with E-state index in [0.29, 0.717) is 30.4 Å². The second-order valence-corrected chi connectivity index (χ2v) is 11.0. The van der Waals surface area contributed by atoms with Gasteiger partial charge in [-0.2, -0.15) is 0 Å². The van der Waals surface area contributed by atoms with Crippen LogP contribution in [0.4, 0.5) is 14.5 Å². The van der Waals surface area contributed by atoms with Crippen LogP contribution in [-0.4, -0.2) is 55.3 Å². The van der Waals surface area contributed by atoms with Crippen molar-refractivity contribution in [2.24, 2.45) is 16.8 Å². The lowest BCUT2D eigenvalue weighted by atomic mass is 9.89. The number of fused-ring (bicyclic) bond motifs is 1. The molecule has 3 aromatic carbocycles. The van der Waals surface area contributed by atoms with Crippen LogP contribution < -0.4 is 4.90 Å². The first kappa shape index (κ1) is 33.1. The molecule has 0 aromatic heterocycles. The Hall–Kier alpha value is -3.42. The van der Waals surface area contributed by atoms with Crippen molar-refractivity contribution in [2.45, 2.75) is 53.1 Å². The zero-order valence-corrected chi connectivity index (χ0v) is 25.7. The molecule has 0 aliphatic carbocycles. The van der Waals surface area contributed by atoms with E-state index in [9.17, 15) is 13.9 Å². The van der Waals surface area contributed by atoms with Gasteiger partial charge in [-0.1, -0.05) is 57.2 Å². The summed E-state index contributed by atoms with van der Waals surface area (Å²) in [5.74, 6) is 0.586. The summed E-state index contributed by atoms with van der Waals surface area (Å²) in [6, 6.07) is 20.5. The maximum atomic E-state index is 14.6. The van der Waals surface area contributed by atoms with Crippen LogP contribution in [0.25, 0.3) is 0 Å². The summed E-state index contributed by atoms with van der Waals surface area (Å²) in [6.45, 7) is 13.9. The van der Waals surface area contributed by atoms with E-state index in [1.807, 2.05) is 45.9 Å². The lowest BCUT2D eigenvalue weighted by Crippen LogP contribution is -2.41. The number of halogens is 2. The minimum Gasteiger partial charge on any atom is -0.384 e. The fraction of sp³-hybridized carbons (Fsp3) is 0.429. The van der Waals surface area contributed by atoms with Crippen LogP contribution in [-0.2, 0) is 12.0 Å². The number of hydrogen-bond donors (Lipinski definition) is 2. The van der Waals surface area contributed by atoms with Gasteiger partial charge < -0.3 is 10.0 Å². The summed E-state index contributed by atoms with van der Waals surface area (Å²) < 4.78 is 27.8. The highest BCUT2D eigenvalue weighted by Crippen LogP contribution is 2.37. The highest BCUT2D eigenvalue weighted by molar-refractivity contribution is 5.68. The third kappa shape index (κ3) is 8.55. The molecule has 2 fully saturated rings. The van der Waals surface area contributed by atoms with Crippen LogP contribution in [0.15, 0.2) is 71.7 Å². The zero-order valence-electron chi connectivity index (χ0n) is 25.7. The lowest BCUT2D eigenvalue weighted by Gasteiger charge is -2.33. The molecule has 0 spiro atoms. The molecule has 3 aromatic rings. The molecule has 0 amide bonds. The monoisotopic (exact) mass is 576 g/mol. The maximum absolute atomic E-state index is 14.6. The van der Waals surface area contributed by atoms with Crippen molar-refractivity contribution in [3.8, 4) is 0 Å². The van der Waals surface area contributed by atoms with Crippen LogP contribution >= 0.6 is 0 Å². The average Bonchev–Trinajstić information content (AvgIpc) is 3.55. The Kier molecular flexibility index (Phi) is 12.4. The van der Waals surface area contributed by atoms with Crippen molar-refractivity contribution in [2.75, 3.05) is 37.6 Å². The van der Waals surface area contributed by atoms with Gasteiger partial charge in [0.05, 0.1) is 0 Å². The van der Waals surface area contributed by atoms with Crippen LogP contribution in [0, 0.1) is 35.8 Å². The predicted molar refractivity (Wildman–Crippen MR) is 171 cm³/mol. The van der Waals surface area contributed by atoms with Crippen molar-refractivity contribution in [3.05, 3.63) is 101 Å². The Morgan fingerprint density at radius 2 is 1.50 bits per heavy atom. The molecule has 3 unspecified atom stereocenters. The van der Waals surface area contributed by atoms with E-state index in [4.69, 9.17) is 5.41 Å². The number of aryl methyl sites for hydroxylation is 1. The van der Waals surface area contributed by atoms with Crippen molar-refractivity contribution in [1.29, 1.82) is 5.41 Å². The van der Waals surface area contributed by atoms with E-state index < -0.39 is 5.60 Å². The minimum absolute atomic E-state index is 0.205. The summed E-state index contributed by atoms with van der Waals surface area (Å²) in [7, 11) is 0. The molecule has 0 radical (unpaired) electrons. The molecule has 42 heavy (non-hydrogen) atoms. The molecule has 2 aliphatic rings. The van der Waals surface area contributed by atoms with E-state index in [-0.39, 0.29) is 11.6 Å². The first-order valence-corrected chi connectivity index (χ1v) is 15.0. The van der Waals surface area contributed by atoms with Gasteiger partial charge in [0.2, 0.25) is 0 Å². The largest absolute Gasteiger partial charge is 0.384 e. The van der Waals surface area contributed by atoms with E-state index >= 15 is 0 Å². The van der Waals surface area contributed by atoms with Gasteiger partial charge in [0.25, 0.3) is 0 Å². The molecule has 226 valence electrons. The van der Waals surface area contributed by atoms with E-state index in [1.54, 1.807) is 19.2 Å². The summed E-state index contributed by atoms with van der Waals surface area (Å²) in [5, 5.41) is 17.6. The van der Waals surface area contributed by atoms with Crippen LogP contribution in [0.3, 0.4) is 0 Å². The van der Waals surface area contributed by atoms with Crippen molar-refractivity contribution in [3.63, 3.8) is 0 Å². The van der Waals surface area contributed by atoms with Crippen LogP contribution in [0.1, 0.15) is 56.4 Å².